The molecule has 0 bridgehead atoms. The standard InChI is InChI=1S/C12H17ClN2/c1-9-7-12(11(14)8-10(9)13)15-5-3-2-4-6-15/h7-8H,2-6,14H2,1H3. The number of halogens is 1. The van der Waals surface area contributed by atoms with E-state index in [0.29, 0.717) is 0 Å². The highest BCUT2D eigenvalue weighted by Gasteiger charge is 2.14. The highest BCUT2D eigenvalue weighted by molar-refractivity contribution is 6.31. The zero-order valence-corrected chi connectivity index (χ0v) is 9.85. The van der Waals surface area contributed by atoms with Gasteiger partial charge in [0, 0.05) is 18.1 Å². The molecule has 0 saturated carbocycles. The summed E-state index contributed by atoms with van der Waals surface area (Å²) < 4.78 is 0. The Balaban J connectivity index is 2.30. The second kappa shape index (κ2) is 4.31. The minimum atomic E-state index is 0.758. The van der Waals surface area contributed by atoms with Gasteiger partial charge in [-0.3, -0.25) is 0 Å². The topological polar surface area (TPSA) is 29.3 Å². The molecule has 3 heteroatoms. The van der Waals surface area contributed by atoms with Gasteiger partial charge in [0.2, 0.25) is 0 Å². The van der Waals surface area contributed by atoms with Gasteiger partial charge in [0.1, 0.15) is 0 Å². The number of nitrogens with zero attached hydrogens (tertiary/aromatic N) is 1. The lowest BCUT2D eigenvalue weighted by Crippen LogP contribution is -2.30. The molecule has 1 fully saturated rings. The Morgan fingerprint density at radius 2 is 1.87 bits per heavy atom. The largest absolute Gasteiger partial charge is 0.397 e. The molecule has 2 N–H and O–H groups in total. The van der Waals surface area contributed by atoms with Gasteiger partial charge in [0.15, 0.2) is 0 Å². The van der Waals surface area contributed by atoms with Gasteiger partial charge >= 0.3 is 0 Å². The van der Waals surface area contributed by atoms with Crippen LogP contribution in [0.2, 0.25) is 5.02 Å². The van der Waals surface area contributed by atoms with Crippen LogP contribution in [0.3, 0.4) is 0 Å². The summed E-state index contributed by atoms with van der Waals surface area (Å²) in [6.07, 6.45) is 3.87. The second-order valence-electron chi connectivity index (χ2n) is 4.21. The van der Waals surface area contributed by atoms with Crippen LogP contribution in [0.4, 0.5) is 11.4 Å². The summed E-state index contributed by atoms with van der Waals surface area (Å²) in [6, 6.07) is 3.96. The lowest BCUT2D eigenvalue weighted by atomic mass is 10.1. The fourth-order valence-electron chi connectivity index (χ4n) is 2.09. The van der Waals surface area contributed by atoms with Gasteiger partial charge in [0.05, 0.1) is 11.4 Å². The number of anilines is 2. The Hall–Kier alpha value is -0.890. The fourth-order valence-corrected chi connectivity index (χ4v) is 2.26. The Morgan fingerprint density at radius 1 is 1.20 bits per heavy atom. The number of hydrogen-bond donors (Lipinski definition) is 1. The number of nitrogen functional groups attached to an aromatic ring is 1. The Bertz CT molecular complexity index is 357. The highest BCUT2D eigenvalue weighted by atomic mass is 35.5. The third-order valence-corrected chi connectivity index (χ3v) is 3.41. The van der Waals surface area contributed by atoms with Gasteiger partial charge in [-0.1, -0.05) is 11.6 Å². The number of aryl methyl sites for hydroxylation is 1. The van der Waals surface area contributed by atoms with Crippen LogP contribution in [0.15, 0.2) is 12.1 Å². The highest BCUT2D eigenvalue weighted by Crippen LogP contribution is 2.31. The Morgan fingerprint density at radius 3 is 2.53 bits per heavy atom. The van der Waals surface area contributed by atoms with E-state index in [-0.39, 0.29) is 0 Å². The van der Waals surface area contributed by atoms with Gasteiger partial charge < -0.3 is 10.6 Å². The van der Waals surface area contributed by atoms with Crippen LogP contribution < -0.4 is 10.6 Å². The first kappa shape index (κ1) is 10.6. The third-order valence-electron chi connectivity index (χ3n) is 3.00. The smallest absolute Gasteiger partial charge is 0.0603 e. The van der Waals surface area contributed by atoms with Crippen molar-refractivity contribution >= 4 is 23.0 Å². The number of benzene rings is 1. The van der Waals surface area contributed by atoms with E-state index >= 15 is 0 Å². The summed E-state index contributed by atoms with van der Waals surface area (Å²) >= 11 is 6.03. The molecule has 1 aromatic carbocycles. The minimum Gasteiger partial charge on any atom is -0.397 e. The van der Waals surface area contributed by atoms with E-state index in [9.17, 15) is 0 Å². The number of rotatable bonds is 1. The zero-order chi connectivity index (χ0) is 10.8. The average molecular weight is 225 g/mol. The maximum Gasteiger partial charge on any atom is 0.0603 e. The zero-order valence-electron chi connectivity index (χ0n) is 9.09. The van der Waals surface area contributed by atoms with Crippen molar-refractivity contribution in [1.82, 2.24) is 0 Å². The van der Waals surface area contributed by atoms with Crippen molar-refractivity contribution < 1.29 is 0 Å². The molecule has 0 aliphatic carbocycles. The molecule has 0 unspecified atom stereocenters. The van der Waals surface area contributed by atoms with E-state index in [2.05, 4.69) is 11.0 Å². The van der Waals surface area contributed by atoms with Crippen molar-refractivity contribution in [2.75, 3.05) is 23.7 Å². The first-order valence-electron chi connectivity index (χ1n) is 5.49. The molecule has 2 nitrogen and oxygen atoms in total. The van der Waals surface area contributed by atoms with Gasteiger partial charge in [-0.2, -0.15) is 0 Å². The van der Waals surface area contributed by atoms with Crippen molar-refractivity contribution in [2.24, 2.45) is 0 Å². The molecule has 0 radical (unpaired) electrons. The average Bonchev–Trinajstić information content (AvgIpc) is 2.25. The molecule has 0 atom stereocenters. The summed E-state index contributed by atoms with van der Waals surface area (Å²) in [7, 11) is 0. The minimum absolute atomic E-state index is 0.758. The van der Waals surface area contributed by atoms with Crippen LogP contribution in [0.25, 0.3) is 0 Å². The van der Waals surface area contributed by atoms with Crippen LogP contribution in [0, 0.1) is 6.92 Å². The first-order chi connectivity index (χ1) is 7.18. The maximum atomic E-state index is 6.03. The van der Waals surface area contributed by atoms with E-state index in [0.717, 1.165) is 35.1 Å². The maximum absolute atomic E-state index is 6.03. The van der Waals surface area contributed by atoms with E-state index in [1.807, 2.05) is 13.0 Å². The van der Waals surface area contributed by atoms with Crippen molar-refractivity contribution in [3.8, 4) is 0 Å². The summed E-state index contributed by atoms with van der Waals surface area (Å²) in [5.41, 5.74) is 9.05. The lowest BCUT2D eigenvalue weighted by molar-refractivity contribution is 0.578. The SMILES string of the molecule is Cc1cc(N2CCCCC2)c(N)cc1Cl. The van der Waals surface area contributed by atoms with E-state index in [4.69, 9.17) is 17.3 Å². The van der Waals surface area contributed by atoms with E-state index in [1.165, 1.54) is 19.3 Å². The number of piperidine rings is 1. The molecule has 0 aromatic heterocycles. The normalized spacial score (nSPS) is 16.8. The van der Waals surface area contributed by atoms with E-state index in [1.54, 1.807) is 0 Å². The summed E-state index contributed by atoms with van der Waals surface area (Å²) in [6.45, 7) is 4.26. The first-order valence-corrected chi connectivity index (χ1v) is 5.87. The second-order valence-corrected chi connectivity index (χ2v) is 4.62. The molecule has 15 heavy (non-hydrogen) atoms. The molecule has 0 spiro atoms. The van der Waals surface area contributed by atoms with Crippen LogP contribution in [0.5, 0.6) is 0 Å². The molecular formula is C12H17ClN2. The summed E-state index contributed by atoms with van der Waals surface area (Å²) in [4.78, 5) is 2.36. The van der Waals surface area contributed by atoms with Gasteiger partial charge in [0.25, 0.3) is 0 Å². The number of hydrogen-bond acceptors (Lipinski definition) is 2. The summed E-state index contributed by atoms with van der Waals surface area (Å²) in [5, 5.41) is 0.758. The van der Waals surface area contributed by atoms with Gasteiger partial charge in [-0.25, -0.2) is 0 Å². The molecule has 1 heterocycles. The molecule has 1 aromatic rings. The predicted molar refractivity (Wildman–Crippen MR) is 66.7 cm³/mol. The quantitative estimate of drug-likeness (QED) is 0.743. The number of nitrogens with two attached hydrogens (primary N) is 1. The van der Waals surface area contributed by atoms with Gasteiger partial charge in [-0.15, -0.1) is 0 Å². The van der Waals surface area contributed by atoms with Crippen molar-refractivity contribution in [3.05, 3.63) is 22.7 Å². The molecule has 1 aliphatic rings. The van der Waals surface area contributed by atoms with Crippen LogP contribution >= 0.6 is 11.6 Å². The molecule has 82 valence electrons. The van der Waals surface area contributed by atoms with Crippen molar-refractivity contribution in [3.63, 3.8) is 0 Å². The van der Waals surface area contributed by atoms with Crippen molar-refractivity contribution in [1.29, 1.82) is 0 Å². The summed E-state index contributed by atoms with van der Waals surface area (Å²) in [5.74, 6) is 0. The molecule has 0 amide bonds. The van der Waals surface area contributed by atoms with Crippen LogP contribution in [0.1, 0.15) is 24.8 Å². The molecule has 2 rings (SSSR count). The van der Waals surface area contributed by atoms with Crippen LogP contribution in [-0.4, -0.2) is 13.1 Å². The Kier molecular flexibility index (Phi) is 3.06. The van der Waals surface area contributed by atoms with Crippen molar-refractivity contribution in [2.45, 2.75) is 26.2 Å². The molecular weight excluding hydrogens is 208 g/mol. The predicted octanol–water partition coefficient (Wildman–Crippen LogP) is 3.22. The van der Waals surface area contributed by atoms with Gasteiger partial charge in [-0.05, 0) is 43.9 Å². The van der Waals surface area contributed by atoms with Crippen LogP contribution in [-0.2, 0) is 0 Å². The molecule has 1 saturated heterocycles. The monoisotopic (exact) mass is 224 g/mol. The fraction of sp³-hybridized carbons (Fsp3) is 0.500. The third kappa shape index (κ3) is 2.20. The van der Waals surface area contributed by atoms with E-state index < -0.39 is 0 Å². The molecule has 1 aliphatic heterocycles. The Labute approximate surface area is 96.0 Å². The lowest BCUT2D eigenvalue weighted by Gasteiger charge is -2.30.